The Morgan fingerprint density at radius 2 is 1.58 bits per heavy atom. The molecule has 0 bridgehead atoms. The largest absolute Gasteiger partial charge is 0.496 e. The van der Waals surface area contributed by atoms with Gasteiger partial charge in [-0.15, -0.1) is 0 Å². The van der Waals surface area contributed by atoms with Gasteiger partial charge in [-0.3, -0.25) is 0 Å². The zero-order chi connectivity index (χ0) is 17.1. The Balaban J connectivity index is 1.92. The van der Waals surface area contributed by atoms with E-state index in [2.05, 4.69) is 0 Å². The first-order chi connectivity index (χ1) is 11.7. The topological polar surface area (TPSA) is 46.2 Å². The van der Waals surface area contributed by atoms with Gasteiger partial charge in [0.25, 0.3) is 0 Å². The van der Waals surface area contributed by atoms with Crippen LogP contribution in [0.25, 0.3) is 0 Å². The first-order valence-electron chi connectivity index (χ1n) is 7.83. The van der Waals surface area contributed by atoms with Gasteiger partial charge < -0.3 is 23.7 Å². The Morgan fingerprint density at radius 3 is 2.25 bits per heavy atom. The van der Waals surface area contributed by atoms with Crippen LogP contribution in [-0.4, -0.2) is 28.4 Å². The normalized spacial score (nSPS) is 15.9. The maximum Gasteiger partial charge on any atom is 0.161 e. The van der Waals surface area contributed by atoms with Gasteiger partial charge in [-0.25, -0.2) is 0 Å². The number of hydrogen-bond acceptors (Lipinski definition) is 5. The Morgan fingerprint density at radius 1 is 0.833 bits per heavy atom. The highest BCUT2D eigenvalue weighted by molar-refractivity contribution is 5.52. The molecular formula is C19H22O5. The summed E-state index contributed by atoms with van der Waals surface area (Å²) in [5.41, 5.74) is 2.13. The lowest BCUT2D eigenvalue weighted by Crippen LogP contribution is -2.16. The number of ether oxygens (including phenoxy) is 5. The molecule has 3 rings (SSSR count). The number of fused-ring (bicyclic) bond motifs is 1. The lowest BCUT2D eigenvalue weighted by Gasteiger charge is -2.28. The van der Waals surface area contributed by atoms with Crippen LogP contribution in [0.4, 0.5) is 0 Å². The van der Waals surface area contributed by atoms with Crippen molar-refractivity contribution in [3.05, 3.63) is 41.5 Å². The Kier molecular flexibility index (Phi) is 4.69. The molecule has 2 aromatic carbocycles. The summed E-state index contributed by atoms with van der Waals surface area (Å²) in [6, 6.07) is 9.67. The van der Waals surface area contributed by atoms with Gasteiger partial charge in [0.1, 0.15) is 23.4 Å². The molecule has 0 spiro atoms. The van der Waals surface area contributed by atoms with Crippen LogP contribution in [-0.2, 0) is 6.42 Å². The fourth-order valence-electron chi connectivity index (χ4n) is 3.02. The fourth-order valence-corrected chi connectivity index (χ4v) is 3.02. The molecule has 0 N–H and O–H groups in total. The molecular weight excluding hydrogens is 308 g/mol. The maximum atomic E-state index is 6.22. The Labute approximate surface area is 142 Å². The molecule has 0 unspecified atom stereocenters. The Bertz CT molecular complexity index is 726. The highest BCUT2D eigenvalue weighted by Gasteiger charge is 2.25. The molecule has 0 amide bonds. The van der Waals surface area contributed by atoms with E-state index in [9.17, 15) is 0 Å². The molecule has 0 saturated heterocycles. The summed E-state index contributed by atoms with van der Waals surface area (Å²) in [6.45, 7) is 0. The van der Waals surface area contributed by atoms with E-state index in [1.165, 1.54) is 0 Å². The van der Waals surface area contributed by atoms with Gasteiger partial charge in [-0.05, 0) is 30.5 Å². The standard InChI is InChI=1S/C19H22O5/c1-20-13-10-17(22-3)14-6-8-15(24-18(14)11-13)12-5-7-16(21-2)19(9-12)23-4/h5,7,9-11,15H,6,8H2,1-4H3/t15-/m0/s1. The van der Waals surface area contributed by atoms with Crippen molar-refractivity contribution in [1.82, 2.24) is 0 Å². The van der Waals surface area contributed by atoms with Crippen molar-refractivity contribution in [2.24, 2.45) is 0 Å². The molecule has 5 heteroatoms. The lowest BCUT2D eigenvalue weighted by atomic mass is 9.96. The third-order valence-corrected chi connectivity index (χ3v) is 4.30. The van der Waals surface area contributed by atoms with Gasteiger partial charge in [0, 0.05) is 17.7 Å². The van der Waals surface area contributed by atoms with E-state index in [0.717, 1.165) is 41.2 Å². The van der Waals surface area contributed by atoms with Crippen LogP contribution in [0.15, 0.2) is 30.3 Å². The van der Waals surface area contributed by atoms with E-state index in [4.69, 9.17) is 23.7 Å². The molecule has 1 atom stereocenters. The zero-order valence-corrected chi connectivity index (χ0v) is 14.4. The number of methoxy groups -OCH3 is 4. The van der Waals surface area contributed by atoms with E-state index in [1.54, 1.807) is 28.4 Å². The number of hydrogen-bond donors (Lipinski definition) is 0. The monoisotopic (exact) mass is 330 g/mol. The molecule has 24 heavy (non-hydrogen) atoms. The summed E-state index contributed by atoms with van der Waals surface area (Å²) in [6.07, 6.45) is 1.70. The van der Waals surface area contributed by atoms with E-state index in [-0.39, 0.29) is 6.10 Å². The molecule has 0 aliphatic carbocycles. The SMILES string of the molecule is COc1cc(OC)c2c(c1)O[C@H](c1ccc(OC)c(OC)c1)CC2. The summed E-state index contributed by atoms with van der Waals surface area (Å²) in [4.78, 5) is 0. The van der Waals surface area contributed by atoms with Gasteiger partial charge in [-0.2, -0.15) is 0 Å². The minimum atomic E-state index is -0.0471. The van der Waals surface area contributed by atoms with Gasteiger partial charge in [0.2, 0.25) is 0 Å². The van der Waals surface area contributed by atoms with Gasteiger partial charge in [-0.1, -0.05) is 6.07 Å². The van der Waals surface area contributed by atoms with Crippen molar-refractivity contribution < 1.29 is 23.7 Å². The summed E-state index contributed by atoms with van der Waals surface area (Å²) in [7, 11) is 6.56. The van der Waals surface area contributed by atoms with Crippen LogP contribution in [0.3, 0.4) is 0 Å². The smallest absolute Gasteiger partial charge is 0.161 e. The van der Waals surface area contributed by atoms with Gasteiger partial charge >= 0.3 is 0 Å². The third kappa shape index (κ3) is 2.94. The molecule has 0 saturated carbocycles. The van der Waals surface area contributed by atoms with Crippen LogP contribution in [0.5, 0.6) is 28.7 Å². The van der Waals surface area contributed by atoms with Gasteiger partial charge in [0.15, 0.2) is 11.5 Å². The second-order valence-corrected chi connectivity index (χ2v) is 5.57. The first-order valence-corrected chi connectivity index (χ1v) is 7.83. The van der Waals surface area contributed by atoms with E-state index in [1.807, 2.05) is 30.3 Å². The van der Waals surface area contributed by atoms with Crippen LogP contribution >= 0.6 is 0 Å². The van der Waals surface area contributed by atoms with Crippen molar-refractivity contribution in [2.75, 3.05) is 28.4 Å². The highest BCUT2D eigenvalue weighted by Crippen LogP contribution is 2.43. The minimum Gasteiger partial charge on any atom is -0.496 e. The molecule has 128 valence electrons. The van der Waals surface area contributed by atoms with Crippen molar-refractivity contribution in [3.63, 3.8) is 0 Å². The number of rotatable bonds is 5. The van der Waals surface area contributed by atoms with Gasteiger partial charge in [0.05, 0.1) is 28.4 Å². The molecule has 1 aliphatic heterocycles. The molecule has 0 aromatic heterocycles. The second kappa shape index (κ2) is 6.91. The van der Waals surface area contributed by atoms with Crippen molar-refractivity contribution >= 4 is 0 Å². The summed E-state index contributed by atoms with van der Waals surface area (Å²) < 4.78 is 27.7. The first kappa shape index (κ1) is 16.3. The predicted octanol–water partition coefficient (Wildman–Crippen LogP) is 3.79. The van der Waals surface area contributed by atoms with E-state index < -0.39 is 0 Å². The highest BCUT2D eigenvalue weighted by atomic mass is 16.5. The molecule has 0 radical (unpaired) electrons. The lowest BCUT2D eigenvalue weighted by molar-refractivity contribution is 0.173. The minimum absolute atomic E-state index is 0.0471. The maximum absolute atomic E-state index is 6.22. The molecule has 2 aromatic rings. The number of benzene rings is 2. The van der Waals surface area contributed by atoms with Crippen LogP contribution in [0.1, 0.15) is 23.7 Å². The average molecular weight is 330 g/mol. The molecule has 5 nitrogen and oxygen atoms in total. The predicted molar refractivity (Wildman–Crippen MR) is 90.8 cm³/mol. The average Bonchev–Trinajstić information content (AvgIpc) is 2.65. The zero-order valence-electron chi connectivity index (χ0n) is 14.4. The summed E-state index contributed by atoms with van der Waals surface area (Å²) in [5, 5.41) is 0. The van der Waals surface area contributed by atoms with E-state index >= 15 is 0 Å². The van der Waals surface area contributed by atoms with Crippen LogP contribution in [0.2, 0.25) is 0 Å². The molecule has 1 aliphatic rings. The second-order valence-electron chi connectivity index (χ2n) is 5.57. The van der Waals surface area contributed by atoms with Crippen LogP contribution in [0, 0.1) is 0 Å². The van der Waals surface area contributed by atoms with E-state index in [0.29, 0.717) is 11.5 Å². The van der Waals surface area contributed by atoms with Crippen molar-refractivity contribution in [2.45, 2.75) is 18.9 Å². The quantitative estimate of drug-likeness (QED) is 0.835. The summed E-state index contributed by atoms with van der Waals surface area (Å²) >= 11 is 0. The molecule has 1 heterocycles. The van der Waals surface area contributed by atoms with Crippen molar-refractivity contribution in [1.29, 1.82) is 0 Å². The molecule has 0 fully saturated rings. The van der Waals surface area contributed by atoms with Crippen molar-refractivity contribution in [3.8, 4) is 28.7 Å². The summed E-state index contributed by atoms with van der Waals surface area (Å²) in [5.74, 6) is 3.74. The van der Waals surface area contributed by atoms with Crippen LogP contribution < -0.4 is 23.7 Å². The fraction of sp³-hybridized carbons (Fsp3) is 0.368. The third-order valence-electron chi connectivity index (χ3n) is 4.30. The Hall–Kier alpha value is -2.56.